The molecule has 0 spiro atoms. The number of nitriles is 1. The molecule has 0 unspecified atom stereocenters. The number of aliphatic carboxylic acids is 1. The number of piperidine rings is 1. The summed E-state index contributed by atoms with van der Waals surface area (Å²) in [6, 6.07) is 3.40. The molecule has 0 amide bonds. The number of carboxylic acids is 1. The van der Waals surface area contributed by atoms with Crippen LogP contribution in [0.3, 0.4) is 0 Å². The monoisotopic (exact) mass is 250 g/mol. The summed E-state index contributed by atoms with van der Waals surface area (Å²) in [6.45, 7) is 0.509. The number of aromatic nitrogens is 2. The van der Waals surface area contributed by atoms with Crippen LogP contribution in [0.1, 0.15) is 18.5 Å². The molecule has 1 fully saturated rings. The van der Waals surface area contributed by atoms with Crippen LogP contribution in [0.5, 0.6) is 0 Å². The Morgan fingerprint density at radius 3 is 2.72 bits per heavy atom. The number of carboxylic acid groups (broad SMARTS) is 1. The first-order chi connectivity index (χ1) is 8.55. The highest BCUT2D eigenvalue weighted by atomic mass is 19.1. The number of hydrogen-bond donors (Lipinski definition) is 1. The lowest BCUT2D eigenvalue weighted by atomic mass is 9.93. The maximum atomic E-state index is 13.8. The van der Waals surface area contributed by atoms with E-state index < -0.39 is 11.6 Å². The Bertz CT molecular complexity index is 506. The number of halogens is 1. The second-order valence-electron chi connectivity index (χ2n) is 4.13. The van der Waals surface area contributed by atoms with E-state index in [1.54, 1.807) is 4.90 Å². The van der Waals surface area contributed by atoms with Crippen molar-refractivity contribution < 1.29 is 14.3 Å². The Balaban J connectivity index is 2.10. The number of alkyl halides is 1. The van der Waals surface area contributed by atoms with Crippen molar-refractivity contribution in [2.75, 3.05) is 18.0 Å². The fourth-order valence-electron chi connectivity index (χ4n) is 1.89. The lowest BCUT2D eigenvalue weighted by molar-refractivity contribution is -0.152. The molecule has 0 atom stereocenters. The van der Waals surface area contributed by atoms with Crippen molar-refractivity contribution in [1.82, 2.24) is 9.97 Å². The highest BCUT2D eigenvalue weighted by Crippen LogP contribution is 2.28. The van der Waals surface area contributed by atoms with E-state index >= 15 is 0 Å². The Hall–Kier alpha value is -2.23. The summed E-state index contributed by atoms with van der Waals surface area (Å²) in [7, 11) is 0. The first-order valence-corrected chi connectivity index (χ1v) is 5.44. The largest absolute Gasteiger partial charge is 0.479 e. The lowest BCUT2D eigenvalue weighted by Crippen LogP contribution is -2.46. The van der Waals surface area contributed by atoms with Gasteiger partial charge in [-0.1, -0.05) is 0 Å². The summed E-state index contributed by atoms with van der Waals surface area (Å²) in [5.41, 5.74) is -1.92. The van der Waals surface area contributed by atoms with Crippen LogP contribution < -0.4 is 4.90 Å². The molecule has 0 saturated carbocycles. The summed E-state index contributed by atoms with van der Waals surface area (Å²) < 4.78 is 13.8. The van der Waals surface area contributed by atoms with Gasteiger partial charge in [-0.2, -0.15) is 5.26 Å². The van der Waals surface area contributed by atoms with E-state index in [4.69, 9.17) is 10.4 Å². The van der Waals surface area contributed by atoms with Gasteiger partial charge < -0.3 is 10.0 Å². The molecule has 0 aliphatic carbocycles. The van der Waals surface area contributed by atoms with Crippen LogP contribution in [-0.2, 0) is 4.79 Å². The number of rotatable bonds is 2. The van der Waals surface area contributed by atoms with E-state index in [1.807, 2.05) is 6.07 Å². The molecule has 1 saturated heterocycles. The van der Waals surface area contributed by atoms with E-state index in [-0.39, 0.29) is 31.6 Å². The van der Waals surface area contributed by atoms with Gasteiger partial charge in [-0.25, -0.2) is 19.2 Å². The van der Waals surface area contributed by atoms with Crippen molar-refractivity contribution in [3.8, 4) is 6.07 Å². The number of hydrogen-bond acceptors (Lipinski definition) is 5. The van der Waals surface area contributed by atoms with Crippen LogP contribution in [0.15, 0.2) is 12.4 Å². The summed E-state index contributed by atoms with van der Waals surface area (Å²) in [5.74, 6) is -0.892. The Morgan fingerprint density at radius 2 is 2.17 bits per heavy atom. The maximum Gasteiger partial charge on any atom is 0.341 e. The van der Waals surface area contributed by atoms with Crippen molar-refractivity contribution in [2.24, 2.45) is 0 Å². The van der Waals surface area contributed by atoms with Crippen LogP contribution in [0, 0.1) is 11.3 Å². The normalized spacial score (nSPS) is 18.1. The molecule has 1 aliphatic rings. The molecule has 1 N–H and O–H groups in total. The summed E-state index contributed by atoms with van der Waals surface area (Å²) in [5, 5.41) is 17.5. The topological polar surface area (TPSA) is 90.1 Å². The molecule has 7 heteroatoms. The van der Waals surface area contributed by atoms with Crippen LogP contribution in [0.25, 0.3) is 0 Å². The van der Waals surface area contributed by atoms with Crippen molar-refractivity contribution in [3.05, 3.63) is 18.1 Å². The number of nitrogens with zero attached hydrogens (tertiary/aromatic N) is 4. The second kappa shape index (κ2) is 4.56. The second-order valence-corrected chi connectivity index (χ2v) is 4.13. The molecule has 2 rings (SSSR count). The predicted molar refractivity (Wildman–Crippen MR) is 59.7 cm³/mol. The van der Waals surface area contributed by atoms with Crippen molar-refractivity contribution in [2.45, 2.75) is 18.5 Å². The predicted octanol–water partition coefficient (Wildman–Crippen LogP) is 0.741. The molecule has 1 aromatic rings. The van der Waals surface area contributed by atoms with E-state index in [1.165, 1.54) is 12.4 Å². The Labute approximate surface area is 103 Å². The van der Waals surface area contributed by atoms with Gasteiger partial charge in [-0.05, 0) is 0 Å². The molecule has 1 aromatic heterocycles. The lowest BCUT2D eigenvalue weighted by Gasteiger charge is -2.34. The molecule has 94 valence electrons. The SMILES string of the molecule is N#Cc1cc(N2CCC(F)(C(=O)O)CC2)ncn1. The molecular weight excluding hydrogens is 239 g/mol. The highest BCUT2D eigenvalue weighted by Gasteiger charge is 2.42. The Kier molecular flexibility index (Phi) is 3.10. The summed E-state index contributed by atoms with van der Waals surface area (Å²) in [4.78, 5) is 20.3. The van der Waals surface area contributed by atoms with Gasteiger partial charge in [-0.3, -0.25) is 0 Å². The highest BCUT2D eigenvalue weighted by molar-refractivity contribution is 5.77. The van der Waals surface area contributed by atoms with Crippen LogP contribution in [-0.4, -0.2) is 39.8 Å². The van der Waals surface area contributed by atoms with Gasteiger partial charge in [0, 0.05) is 32.0 Å². The zero-order chi connectivity index (χ0) is 13.2. The molecular formula is C11H11FN4O2. The minimum Gasteiger partial charge on any atom is -0.479 e. The minimum atomic E-state index is -2.15. The van der Waals surface area contributed by atoms with Gasteiger partial charge in [0.05, 0.1) is 0 Å². The van der Waals surface area contributed by atoms with Gasteiger partial charge in [0.2, 0.25) is 5.67 Å². The van der Waals surface area contributed by atoms with E-state index in [9.17, 15) is 9.18 Å². The molecule has 18 heavy (non-hydrogen) atoms. The van der Waals surface area contributed by atoms with Crippen molar-refractivity contribution in [3.63, 3.8) is 0 Å². The van der Waals surface area contributed by atoms with E-state index in [0.29, 0.717) is 5.82 Å². The van der Waals surface area contributed by atoms with Crippen molar-refractivity contribution >= 4 is 11.8 Å². The van der Waals surface area contributed by atoms with E-state index in [2.05, 4.69) is 9.97 Å². The molecule has 2 heterocycles. The smallest absolute Gasteiger partial charge is 0.341 e. The first kappa shape index (κ1) is 12.2. The fourth-order valence-corrected chi connectivity index (χ4v) is 1.89. The van der Waals surface area contributed by atoms with Crippen LogP contribution in [0.2, 0.25) is 0 Å². The summed E-state index contributed by atoms with van der Waals surface area (Å²) in [6.07, 6.45) is 1.09. The molecule has 1 aliphatic heterocycles. The van der Waals surface area contributed by atoms with Gasteiger partial charge in [0.25, 0.3) is 0 Å². The number of anilines is 1. The van der Waals surface area contributed by atoms with E-state index in [0.717, 1.165) is 0 Å². The average molecular weight is 250 g/mol. The fraction of sp³-hybridized carbons (Fsp3) is 0.455. The Morgan fingerprint density at radius 1 is 1.50 bits per heavy atom. The molecule has 0 radical (unpaired) electrons. The van der Waals surface area contributed by atoms with Gasteiger partial charge in [0.15, 0.2) is 0 Å². The molecule has 6 nitrogen and oxygen atoms in total. The minimum absolute atomic E-state index is 0.0891. The maximum absolute atomic E-state index is 13.8. The van der Waals surface area contributed by atoms with Crippen LogP contribution in [0.4, 0.5) is 10.2 Å². The average Bonchev–Trinajstić information content (AvgIpc) is 2.39. The zero-order valence-corrected chi connectivity index (χ0v) is 9.51. The molecule has 0 bridgehead atoms. The molecule has 0 aromatic carbocycles. The van der Waals surface area contributed by atoms with Crippen molar-refractivity contribution in [1.29, 1.82) is 5.26 Å². The zero-order valence-electron chi connectivity index (χ0n) is 9.51. The number of carbonyl (C=O) groups is 1. The van der Waals surface area contributed by atoms with Crippen LogP contribution >= 0.6 is 0 Å². The third-order valence-electron chi connectivity index (χ3n) is 3.03. The van der Waals surface area contributed by atoms with Gasteiger partial charge in [-0.15, -0.1) is 0 Å². The summed E-state index contributed by atoms with van der Waals surface area (Å²) >= 11 is 0. The third-order valence-corrected chi connectivity index (χ3v) is 3.03. The van der Waals surface area contributed by atoms with Gasteiger partial charge >= 0.3 is 5.97 Å². The first-order valence-electron chi connectivity index (χ1n) is 5.44. The van der Waals surface area contributed by atoms with Gasteiger partial charge in [0.1, 0.15) is 23.9 Å². The quantitative estimate of drug-likeness (QED) is 0.832. The standard InChI is InChI=1S/C11H11FN4O2/c12-11(10(17)18)1-3-16(4-2-11)9-5-8(6-13)14-7-15-9/h5,7H,1-4H2,(H,17,18). The third kappa shape index (κ3) is 2.22.